The number of hydrogen-bond donors (Lipinski definition) is 2. The summed E-state index contributed by atoms with van der Waals surface area (Å²) in [5.41, 5.74) is 5.78. The van der Waals surface area contributed by atoms with Crippen LogP contribution in [0.1, 0.15) is 62.5 Å². The van der Waals surface area contributed by atoms with Crippen molar-refractivity contribution in [2.24, 2.45) is 0 Å². The highest BCUT2D eigenvalue weighted by molar-refractivity contribution is 9.10. The van der Waals surface area contributed by atoms with Crippen molar-refractivity contribution in [1.82, 2.24) is 5.32 Å². The molecule has 7 nitrogen and oxygen atoms in total. The van der Waals surface area contributed by atoms with Gasteiger partial charge in [0.05, 0.1) is 11.1 Å². The maximum atomic E-state index is 13.2. The number of benzene rings is 2. The van der Waals surface area contributed by atoms with Crippen LogP contribution in [0.3, 0.4) is 0 Å². The quantitative estimate of drug-likeness (QED) is 0.426. The van der Waals surface area contributed by atoms with Crippen LogP contribution in [-0.2, 0) is 14.4 Å². The van der Waals surface area contributed by atoms with Crippen molar-refractivity contribution in [2.75, 3.05) is 18.5 Å². The normalized spacial score (nSPS) is 17.6. The predicted molar refractivity (Wildman–Crippen MR) is 148 cm³/mol. The molecule has 1 aliphatic heterocycles. The molecule has 38 heavy (non-hydrogen) atoms. The zero-order valence-electron chi connectivity index (χ0n) is 21.6. The van der Waals surface area contributed by atoms with Crippen molar-refractivity contribution in [3.05, 3.63) is 74.5 Å². The first-order valence-electron chi connectivity index (χ1n) is 13.1. The first-order chi connectivity index (χ1) is 18.4. The zero-order valence-corrected chi connectivity index (χ0v) is 23.2. The number of carbonyl (C=O) groups is 3. The van der Waals surface area contributed by atoms with E-state index in [4.69, 9.17) is 9.47 Å². The minimum atomic E-state index is -0.448. The van der Waals surface area contributed by atoms with E-state index in [1.165, 1.54) is 0 Å². The second kappa shape index (κ2) is 11.2. The lowest BCUT2D eigenvalue weighted by Crippen LogP contribution is -2.36. The van der Waals surface area contributed by atoms with Gasteiger partial charge in [0.15, 0.2) is 29.7 Å². The molecule has 3 aliphatic rings. The summed E-state index contributed by atoms with van der Waals surface area (Å²) in [5.74, 6) is 0.271. The molecule has 0 unspecified atom stereocenters. The summed E-state index contributed by atoms with van der Waals surface area (Å²) in [7, 11) is 0. The van der Waals surface area contributed by atoms with Crippen LogP contribution in [0.4, 0.5) is 5.69 Å². The average Bonchev–Trinajstić information content (AvgIpc) is 2.87. The predicted octanol–water partition coefficient (Wildman–Crippen LogP) is 5.87. The fourth-order valence-electron chi connectivity index (χ4n) is 5.53. The van der Waals surface area contributed by atoms with Crippen molar-refractivity contribution in [3.63, 3.8) is 0 Å². The highest BCUT2D eigenvalue weighted by Crippen LogP contribution is 2.48. The van der Waals surface area contributed by atoms with E-state index in [9.17, 15) is 14.4 Å². The molecule has 2 aromatic carbocycles. The molecule has 0 fully saturated rings. The van der Waals surface area contributed by atoms with Gasteiger partial charge < -0.3 is 20.1 Å². The SMILES string of the molecule is CCOc1cc(C2C3=C(CCCC3=O)NC3=C2C(=O)CCC3)cc(Br)c1OCC(=O)Nc1cccc(C)c1. The van der Waals surface area contributed by atoms with Gasteiger partial charge in [0, 0.05) is 47.0 Å². The van der Waals surface area contributed by atoms with Crippen LogP contribution in [0.15, 0.2) is 63.4 Å². The number of rotatable bonds is 7. The number of ether oxygens (including phenoxy) is 2. The van der Waals surface area contributed by atoms with Crippen LogP contribution in [0.2, 0.25) is 0 Å². The van der Waals surface area contributed by atoms with E-state index in [2.05, 4.69) is 26.6 Å². The molecule has 0 spiro atoms. The molecule has 5 rings (SSSR count). The van der Waals surface area contributed by atoms with Gasteiger partial charge in [0.2, 0.25) is 0 Å². The van der Waals surface area contributed by atoms with Gasteiger partial charge in [-0.1, -0.05) is 12.1 Å². The molecule has 1 amide bonds. The highest BCUT2D eigenvalue weighted by atomic mass is 79.9. The maximum Gasteiger partial charge on any atom is 0.262 e. The summed E-state index contributed by atoms with van der Waals surface area (Å²) in [4.78, 5) is 38.9. The number of carbonyl (C=O) groups excluding carboxylic acids is 3. The standard InChI is InChI=1S/C30H31BrN2O5/c1-3-37-25-15-18(14-20(31)30(25)38-16-26(36)32-19-8-4-7-17(2)13-19)27-28-21(9-5-11-23(28)34)33-22-10-6-12-24(35)29(22)27/h4,7-8,13-15,27,33H,3,5-6,9-12,16H2,1-2H3,(H,32,36). The molecule has 8 heteroatoms. The van der Waals surface area contributed by atoms with E-state index in [1.54, 1.807) is 0 Å². The first kappa shape index (κ1) is 26.2. The van der Waals surface area contributed by atoms with Crippen molar-refractivity contribution in [3.8, 4) is 11.5 Å². The Morgan fingerprint density at radius 2 is 1.68 bits per heavy atom. The molecule has 0 aromatic heterocycles. The molecule has 0 atom stereocenters. The van der Waals surface area contributed by atoms with Gasteiger partial charge in [0.1, 0.15) is 0 Å². The summed E-state index contributed by atoms with van der Waals surface area (Å²) in [6.45, 7) is 4.01. The summed E-state index contributed by atoms with van der Waals surface area (Å²) in [6, 6.07) is 11.3. The lowest BCUT2D eigenvalue weighted by atomic mass is 9.71. The molecule has 0 saturated carbocycles. The van der Waals surface area contributed by atoms with E-state index in [-0.39, 0.29) is 24.1 Å². The minimum absolute atomic E-state index is 0.0795. The number of dihydropyridines is 1. The number of aryl methyl sites for hydroxylation is 1. The minimum Gasteiger partial charge on any atom is -0.490 e. The molecule has 1 heterocycles. The number of halogens is 1. The largest absolute Gasteiger partial charge is 0.490 e. The topological polar surface area (TPSA) is 93.7 Å². The third kappa shape index (κ3) is 5.27. The van der Waals surface area contributed by atoms with E-state index in [1.807, 2.05) is 50.2 Å². The van der Waals surface area contributed by atoms with Crippen LogP contribution in [0.5, 0.6) is 11.5 Å². The van der Waals surface area contributed by atoms with E-state index in [0.717, 1.165) is 48.2 Å². The second-order valence-corrected chi connectivity index (χ2v) is 10.7. The third-order valence-electron chi connectivity index (χ3n) is 7.11. The van der Waals surface area contributed by atoms with Crippen molar-refractivity contribution >= 4 is 39.1 Å². The molecular weight excluding hydrogens is 548 g/mol. The van der Waals surface area contributed by atoms with Gasteiger partial charge in [-0.25, -0.2) is 0 Å². The van der Waals surface area contributed by atoms with Crippen molar-refractivity contribution in [1.29, 1.82) is 0 Å². The summed E-state index contributed by atoms with van der Waals surface area (Å²) in [5, 5.41) is 6.29. The number of amides is 1. The van der Waals surface area contributed by atoms with Crippen LogP contribution < -0.4 is 20.1 Å². The highest BCUT2D eigenvalue weighted by Gasteiger charge is 2.40. The molecular formula is C30H31BrN2O5. The molecule has 2 aliphatic carbocycles. The Morgan fingerprint density at radius 1 is 1.00 bits per heavy atom. The maximum absolute atomic E-state index is 13.2. The molecule has 0 radical (unpaired) electrons. The Bertz CT molecular complexity index is 1330. The summed E-state index contributed by atoms with van der Waals surface area (Å²) in [6.07, 6.45) is 4.14. The monoisotopic (exact) mass is 578 g/mol. The number of anilines is 1. The molecule has 2 aromatic rings. The van der Waals surface area contributed by atoms with E-state index >= 15 is 0 Å². The molecule has 2 N–H and O–H groups in total. The lowest BCUT2D eigenvalue weighted by molar-refractivity contribution is -0.118. The first-order valence-corrected chi connectivity index (χ1v) is 13.9. The summed E-state index contributed by atoms with van der Waals surface area (Å²) < 4.78 is 12.5. The number of allylic oxidation sites excluding steroid dienone is 4. The van der Waals surface area contributed by atoms with Gasteiger partial charge in [-0.3, -0.25) is 14.4 Å². The number of hydrogen-bond acceptors (Lipinski definition) is 6. The lowest BCUT2D eigenvalue weighted by Gasteiger charge is -2.37. The molecule has 0 bridgehead atoms. The zero-order chi connectivity index (χ0) is 26.8. The number of ketones is 2. The average molecular weight is 579 g/mol. The molecule has 198 valence electrons. The smallest absolute Gasteiger partial charge is 0.262 e. The van der Waals surface area contributed by atoms with E-state index in [0.29, 0.717) is 52.3 Å². The Balaban J connectivity index is 1.47. The van der Waals surface area contributed by atoms with Gasteiger partial charge in [-0.2, -0.15) is 0 Å². The van der Waals surface area contributed by atoms with Crippen LogP contribution in [-0.4, -0.2) is 30.7 Å². The Hall–Kier alpha value is -3.39. The van der Waals surface area contributed by atoms with Gasteiger partial charge in [-0.15, -0.1) is 0 Å². The van der Waals surface area contributed by atoms with Gasteiger partial charge >= 0.3 is 0 Å². The van der Waals surface area contributed by atoms with E-state index < -0.39 is 5.92 Å². The van der Waals surface area contributed by atoms with Crippen molar-refractivity contribution < 1.29 is 23.9 Å². The Labute approximate surface area is 230 Å². The second-order valence-electron chi connectivity index (χ2n) is 9.87. The van der Waals surface area contributed by atoms with Crippen LogP contribution >= 0.6 is 15.9 Å². The fourth-order valence-corrected chi connectivity index (χ4v) is 6.11. The molecule has 0 saturated heterocycles. The third-order valence-corrected chi connectivity index (χ3v) is 7.69. The Morgan fingerprint density at radius 3 is 2.32 bits per heavy atom. The fraction of sp³-hybridized carbons (Fsp3) is 0.367. The van der Waals surface area contributed by atoms with Gasteiger partial charge in [0.25, 0.3) is 5.91 Å². The van der Waals surface area contributed by atoms with Crippen LogP contribution in [0, 0.1) is 6.92 Å². The Kier molecular flexibility index (Phi) is 7.70. The van der Waals surface area contributed by atoms with Crippen LogP contribution in [0.25, 0.3) is 0 Å². The number of nitrogens with one attached hydrogen (secondary N) is 2. The summed E-state index contributed by atoms with van der Waals surface area (Å²) >= 11 is 3.61. The van der Waals surface area contributed by atoms with Crippen molar-refractivity contribution in [2.45, 2.75) is 58.3 Å². The number of Topliss-reactive ketones (excluding diaryl/α,β-unsaturated/α-hetero) is 2. The van der Waals surface area contributed by atoms with Gasteiger partial charge in [-0.05, 0) is 90.9 Å².